The van der Waals surface area contributed by atoms with Gasteiger partial charge in [-0.05, 0) is 49.9 Å². The topological polar surface area (TPSA) is 81.5 Å². The third kappa shape index (κ3) is 3.32. The molecule has 1 amide bonds. The molecule has 1 aromatic carbocycles. The van der Waals surface area contributed by atoms with E-state index in [9.17, 15) is 9.59 Å². The number of allylic oxidation sites excluding steroid dienone is 2. The fourth-order valence-electron chi connectivity index (χ4n) is 3.93. The number of carbonyl (C=O) groups excluding carboxylic acids is 1. The van der Waals surface area contributed by atoms with E-state index in [2.05, 4.69) is 11.1 Å². The van der Waals surface area contributed by atoms with E-state index in [1.54, 1.807) is 23.3 Å². The van der Waals surface area contributed by atoms with Crippen molar-refractivity contribution in [1.82, 2.24) is 14.5 Å². The van der Waals surface area contributed by atoms with Crippen LogP contribution in [0.4, 0.5) is 0 Å². The molecule has 7 nitrogen and oxygen atoms in total. The number of aromatic nitrogens is 2. The van der Waals surface area contributed by atoms with Gasteiger partial charge in [-0.2, -0.15) is 0 Å². The third-order valence-electron chi connectivity index (χ3n) is 5.47. The van der Waals surface area contributed by atoms with E-state index < -0.39 is 0 Å². The number of rotatable bonds is 5. The predicted octanol–water partition coefficient (Wildman–Crippen LogP) is 4.22. The number of amides is 1. The van der Waals surface area contributed by atoms with Gasteiger partial charge in [0.25, 0.3) is 5.56 Å². The van der Waals surface area contributed by atoms with Crippen LogP contribution in [0.5, 0.6) is 0 Å². The molecule has 0 saturated heterocycles. The van der Waals surface area contributed by atoms with E-state index in [0.29, 0.717) is 23.4 Å². The molecule has 1 aliphatic carbocycles. The molecular formula is C23H21N3O4. The summed E-state index contributed by atoms with van der Waals surface area (Å²) in [4.78, 5) is 32.3. The van der Waals surface area contributed by atoms with Crippen LogP contribution in [-0.2, 0) is 17.9 Å². The van der Waals surface area contributed by atoms with Crippen LogP contribution in [-0.4, -0.2) is 20.4 Å². The fraction of sp³-hybridized carbons (Fsp3) is 0.261. The lowest BCUT2D eigenvalue weighted by molar-refractivity contribution is -0.130. The van der Waals surface area contributed by atoms with Gasteiger partial charge in [-0.3, -0.25) is 14.2 Å². The van der Waals surface area contributed by atoms with Crippen molar-refractivity contribution in [2.45, 2.75) is 38.8 Å². The molecule has 0 atom stereocenters. The molecule has 0 unspecified atom stereocenters. The van der Waals surface area contributed by atoms with Crippen LogP contribution in [0.2, 0.25) is 0 Å². The molecule has 0 aliphatic heterocycles. The minimum atomic E-state index is -0.361. The van der Waals surface area contributed by atoms with Gasteiger partial charge in [0.1, 0.15) is 23.4 Å². The summed E-state index contributed by atoms with van der Waals surface area (Å²) in [5.41, 5.74) is 1.91. The number of hydrogen-bond donors (Lipinski definition) is 0. The number of carbonyl (C=O) groups is 1. The van der Waals surface area contributed by atoms with Crippen LogP contribution in [0, 0.1) is 0 Å². The van der Waals surface area contributed by atoms with E-state index in [-0.39, 0.29) is 23.6 Å². The van der Waals surface area contributed by atoms with Crippen LogP contribution < -0.4 is 5.56 Å². The van der Waals surface area contributed by atoms with Crippen molar-refractivity contribution in [3.05, 3.63) is 76.9 Å². The van der Waals surface area contributed by atoms with Gasteiger partial charge in [0.2, 0.25) is 11.5 Å². The maximum atomic E-state index is 13.2. The first-order valence-corrected chi connectivity index (χ1v) is 10.1. The molecule has 0 bridgehead atoms. The maximum absolute atomic E-state index is 13.2. The zero-order valence-corrected chi connectivity index (χ0v) is 16.4. The minimum absolute atomic E-state index is 0.114. The Labute approximate surface area is 172 Å². The van der Waals surface area contributed by atoms with Gasteiger partial charge >= 0.3 is 0 Å². The smallest absolute Gasteiger partial charge is 0.297 e. The Bertz CT molecular complexity index is 1300. The zero-order valence-electron chi connectivity index (χ0n) is 16.4. The Morgan fingerprint density at radius 2 is 2.07 bits per heavy atom. The van der Waals surface area contributed by atoms with Crippen LogP contribution in [0.3, 0.4) is 0 Å². The summed E-state index contributed by atoms with van der Waals surface area (Å²) >= 11 is 0. The van der Waals surface area contributed by atoms with Gasteiger partial charge in [0.15, 0.2) is 0 Å². The normalized spacial score (nSPS) is 14.2. The maximum Gasteiger partial charge on any atom is 0.297 e. The van der Waals surface area contributed by atoms with Crippen LogP contribution in [0.1, 0.15) is 31.4 Å². The molecule has 7 heteroatoms. The highest BCUT2D eigenvalue weighted by atomic mass is 16.3. The molecule has 5 rings (SSSR count). The average Bonchev–Trinajstić information content (AvgIpc) is 3.42. The number of fused-ring (bicyclic) bond motifs is 3. The zero-order chi connectivity index (χ0) is 20.5. The second kappa shape index (κ2) is 7.67. The Hall–Kier alpha value is -3.61. The monoisotopic (exact) mass is 403 g/mol. The minimum Gasteiger partial charge on any atom is -0.467 e. The highest BCUT2D eigenvalue weighted by Gasteiger charge is 2.22. The Kier molecular flexibility index (Phi) is 4.71. The molecule has 0 radical (unpaired) electrons. The highest BCUT2D eigenvalue weighted by molar-refractivity contribution is 6.01. The van der Waals surface area contributed by atoms with E-state index in [1.165, 1.54) is 10.9 Å². The van der Waals surface area contributed by atoms with Gasteiger partial charge in [-0.1, -0.05) is 18.2 Å². The molecule has 3 heterocycles. The fourth-order valence-corrected chi connectivity index (χ4v) is 3.93. The molecule has 30 heavy (non-hydrogen) atoms. The lowest BCUT2D eigenvalue weighted by Gasteiger charge is -2.27. The molecule has 0 saturated carbocycles. The number of benzene rings is 1. The average molecular weight is 403 g/mol. The molecule has 0 N–H and O–H groups in total. The molecular weight excluding hydrogens is 382 g/mol. The Balaban J connectivity index is 1.48. The van der Waals surface area contributed by atoms with Crippen LogP contribution in [0.15, 0.2) is 74.4 Å². The summed E-state index contributed by atoms with van der Waals surface area (Å²) in [7, 11) is 0. The van der Waals surface area contributed by atoms with Crippen molar-refractivity contribution in [2.75, 3.05) is 0 Å². The van der Waals surface area contributed by atoms with Gasteiger partial charge in [0.05, 0.1) is 19.1 Å². The molecule has 0 fully saturated rings. The first-order chi connectivity index (χ1) is 14.7. The third-order valence-corrected chi connectivity index (χ3v) is 5.47. The number of hydrogen-bond acceptors (Lipinski definition) is 5. The summed E-state index contributed by atoms with van der Waals surface area (Å²) in [6, 6.07) is 11.0. The first-order valence-electron chi connectivity index (χ1n) is 10.1. The van der Waals surface area contributed by atoms with Crippen molar-refractivity contribution in [1.29, 1.82) is 0 Å². The second-order valence-corrected chi connectivity index (χ2v) is 7.45. The molecule has 0 spiro atoms. The number of para-hydroxylation sites is 1. The molecule has 3 aromatic heterocycles. The molecule has 1 aliphatic rings. The largest absolute Gasteiger partial charge is 0.467 e. The van der Waals surface area contributed by atoms with E-state index in [1.807, 2.05) is 24.3 Å². The van der Waals surface area contributed by atoms with Crippen LogP contribution in [0.25, 0.3) is 22.1 Å². The van der Waals surface area contributed by atoms with Crippen molar-refractivity contribution in [2.24, 2.45) is 0 Å². The van der Waals surface area contributed by atoms with Gasteiger partial charge in [-0.15, -0.1) is 0 Å². The highest BCUT2D eigenvalue weighted by Crippen LogP contribution is 2.25. The van der Waals surface area contributed by atoms with Crippen molar-refractivity contribution >= 4 is 28.0 Å². The molecule has 4 aromatic rings. The second-order valence-electron chi connectivity index (χ2n) is 7.45. The van der Waals surface area contributed by atoms with E-state index >= 15 is 0 Å². The summed E-state index contributed by atoms with van der Waals surface area (Å²) < 4.78 is 12.5. The van der Waals surface area contributed by atoms with E-state index in [4.69, 9.17) is 8.83 Å². The van der Waals surface area contributed by atoms with Crippen molar-refractivity contribution < 1.29 is 13.6 Å². The quantitative estimate of drug-likeness (QED) is 0.498. The van der Waals surface area contributed by atoms with E-state index in [0.717, 1.165) is 36.8 Å². The number of furan rings is 2. The first kappa shape index (κ1) is 18.4. The standard InChI is InChI=1S/C23H21N3O4/c27-20(26(13-17-9-6-12-29-17)16-7-2-1-3-8-16)14-25-15-24-21-18-10-4-5-11-19(18)30-22(21)23(25)28/h4-7,9-12,15H,1-3,8,13-14H2. The van der Waals surface area contributed by atoms with Gasteiger partial charge in [0, 0.05) is 11.1 Å². The van der Waals surface area contributed by atoms with Gasteiger partial charge in [-0.25, -0.2) is 4.98 Å². The summed E-state index contributed by atoms with van der Waals surface area (Å²) in [5, 5.41) is 0.787. The summed E-state index contributed by atoms with van der Waals surface area (Å²) in [6.07, 6.45) is 9.07. The van der Waals surface area contributed by atoms with Crippen LogP contribution >= 0.6 is 0 Å². The summed E-state index contributed by atoms with van der Waals surface area (Å²) in [6.45, 7) is 0.226. The lowest BCUT2D eigenvalue weighted by atomic mass is 10.0. The Morgan fingerprint density at radius 3 is 2.87 bits per heavy atom. The summed E-state index contributed by atoms with van der Waals surface area (Å²) in [5.74, 6) is 0.520. The predicted molar refractivity (Wildman–Crippen MR) is 112 cm³/mol. The molecule has 152 valence electrons. The van der Waals surface area contributed by atoms with Crippen molar-refractivity contribution in [3.8, 4) is 0 Å². The van der Waals surface area contributed by atoms with Crippen molar-refractivity contribution in [3.63, 3.8) is 0 Å². The lowest BCUT2D eigenvalue weighted by Crippen LogP contribution is -2.36. The number of nitrogens with zero attached hydrogens (tertiary/aromatic N) is 3. The SMILES string of the molecule is O=C(Cn1cnc2c(oc3ccccc32)c1=O)N(Cc1ccco1)C1=CCCCC1. The van der Waals surface area contributed by atoms with Gasteiger partial charge < -0.3 is 13.7 Å². The Morgan fingerprint density at radius 1 is 1.17 bits per heavy atom.